The van der Waals surface area contributed by atoms with Crippen molar-refractivity contribution >= 4 is 21.8 Å². The average molecular weight is 177 g/mol. The molecule has 10 heavy (non-hydrogen) atoms. The molecule has 0 radical (unpaired) electrons. The Kier molecular flexibility index (Phi) is 2.18. The van der Waals surface area contributed by atoms with Gasteiger partial charge in [-0.3, -0.25) is 0 Å². The summed E-state index contributed by atoms with van der Waals surface area (Å²) in [7, 11) is -3.40. The SMILES string of the molecule is NS(=O)(=O)C1C=CC=CS1. The lowest BCUT2D eigenvalue weighted by molar-refractivity contribution is 0.599. The van der Waals surface area contributed by atoms with Crippen LogP contribution in [0.4, 0.5) is 0 Å². The number of thioether (sulfide) groups is 1. The summed E-state index contributed by atoms with van der Waals surface area (Å²) >= 11 is 1.19. The minimum atomic E-state index is -3.40. The van der Waals surface area contributed by atoms with Gasteiger partial charge in [0.15, 0.2) is 0 Å². The van der Waals surface area contributed by atoms with Gasteiger partial charge in [0.2, 0.25) is 10.0 Å². The molecule has 5 heteroatoms. The second kappa shape index (κ2) is 2.77. The summed E-state index contributed by atoms with van der Waals surface area (Å²) in [6, 6.07) is 0. The van der Waals surface area contributed by atoms with E-state index in [-0.39, 0.29) is 0 Å². The van der Waals surface area contributed by atoms with Gasteiger partial charge in [-0.25, -0.2) is 13.6 Å². The van der Waals surface area contributed by atoms with Crippen molar-refractivity contribution in [1.29, 1.82) is 0 Å². The van der Waals surface area contributed by atoms with E-state index in [9.17, 15) is 8.42 Å². The van der Waals surface area contributed by atoms with E-state index in [2.05, 4.69) is 0 Å². The predicted molar refractivity (Wildman–Crippen MR) is 42.8 cm³/mol. The quantitative estimate of drug-likeness (QED) is 0.631. The minimum Gasteiger partial charge on any atom is -0.227 e. The second-order valence-corrected chi connectivity index (χ2v) is 4.84. The number of allylic oxidation sites excluding steroid dienone is 2. The average Bonchev–Trinajstić information content (AvgIpc) is 1.88. The Balaban J connectivity index is 2.79. The van der Waals surface area contributed by atoms with E-state index in [1.807, 2.05) is 0 Å². The third-order valence-electron chi connectivity index (χ3n) is 0.994. The van der Waals surface area contributed by atoms with Crippen molar-refractivity contribution in [3.05, 3.63) is 23.6 Å². The summed E-state index contributed by atoms with van der Waals surface area (Å²) in [5.41, 5.74) is 0. The number of sulfonamides is 1. The molecule has 1 atom stereocenters. The molecular formula is C5H7NO2S2. The largest absolute Gasteiger partial charge is 0.227 e. The first-order valence-corrected chi connectivity index (χ1v) is 5.16. The van der Waals surface area contributed by atoms with Crippen molar-refractivity contribution in [3.63, 3.8) is 0 Å². The standard InChI is InChI=1S/C5H7NO2S2/c6-10(7,8)5-3-1-2-4-9-5/h1-5H,(H2,6,7,8). The summed E-state index contributed by atoms with van der Waals surface area (Å²) in [5.74, 6) is 0. The van der Waals surface area contributed by atoms with E-state index in [1.165, 1.54) is 11.8 Å². The fraction of sp³-hybridized carbons (Fsp3) is 0.200. The maximum atomic E-state index is 10.7. The van der Waals surface area contributed by atoms with Crippen molar-refractivity contribution in [3.8, 4) is 0 Å². The summed E-state index contributed by atoms with van der Waals surface area (Å²) in [6.45, 7) is 0. The van der Waals surface area contributed by atoms with Gasteiger partial charge in [-0.15, -0.1) is 11.8 Å². The number of hydrogen-bond donors (Lipinski definition) is 1. The maximum absolute atomic E-state index is 10.7. The third-order valence-corrected chi connectivity index (χ3v) is 3.68. The Morgan fingerprint density at radius 1 is 1.40 bits per heavy atom. The number of primary sulfonamides is 1. The molecule has 0 aromatic rings. The molecule has 0 saturated heterocycles. The lowest BCUT2D eigenvalue weighted by atomic mass is 10.5. The Hall–Kier alpha value is -0.260. The fourth-order valence-corrected chi connectivity index (χ4v) is 2.19. The molecule has 0 saturated carbocycles. The van der Waals surface area contributed by atoms with Crippen LogP contribution in [0.5, 0.6) is 0 Å². The van der Waals surface area contributed by atoms with Gasteiger partial charge >= 0.3 is 0 Å². The van der Waals surface area contributed by atoms with Gasteiger partial charge in [0, 0.05) is 0 Å². The van der Waals surface area contributed by atoms with Gasteiger partial charge in [0.25, 0.3) is 0 Å². The molecule has 1 unspecified atom stereocenters. The first kappa shape index (κ1) is 7.84. The zero-order valence-electron chi connectivity index (χ0n) is 5.10. The zero-order chi connectivity index (χ0) is 7.61. The van der Waals surface area contributed by atoms with Crippen LogP contribution in [0.3, 0.4) is 0 Å². The van der Waals surface area contributed by atoms with Crippen LogP contribution >= 0.6 is 11.8 Å². The molecule has 2 N–H and O–H groups in total. The van der Waals surface area contributed by atoms with Crippen molar-refractivity contribution in [1.82, 2.24) is 0 Å². The van der Waals surface area contributed by atoms with Gasteiger partial charge in [0.1, 0.15) is 4.58 Å². The lowest BCUT2D eigenvalue weighted by Crippen LogP contribution is -2.23. The Morgan fingerprint density at radius 3 is 2.40 bits per heavy atom. The second-order valence-electron chi connectivity index (χ2n) is 1.81. The van der Waals surface area contributed by atoms with E-state index in [0.717, 1.165) is 0 Å². The summed E-state index contributed by atoms with van der Waals surface area (Å²) < 4.78 is 20.7. The minimum absolute atomic E-state index is 0.600. The van der Waals surface area contributed by atoms with E-state index >= 15 is 0 Å². The molecule has 0 aromatic heterocycles. The van der Waals surface area contributed by atoms with Gasteiger partial charge in [0.05, 0.1) is 0 Å². The molecule has 0 aliphatic carbocycles. The first-order valence-electron chi connectivity index (χ1n) is 2.61. The summed E-state index contributed by atoms with van der Waals surface area (Å²) in [5, 5.41) is 6.58. The highest BCUT2D eigenvalue weighted by atomic mass is 32.3. The predicted octanol–water partition coefficient (Wildman–Crippen LogP) is 0.418. The summed E-state index contributed by atoms with van der Waals surface area (Å²) in [6.07, 6.45) is 5.00. The van der Waals surface area contributed by atoms with E-state index < -0.39 is 14.6 Å². The van der Waals surface area contributed by atoms with Gasteiger partial charge in [-0.2, -0.15) is 0 Å². The van der Waals surface area contributed by atoms with Crippen LogP contribution < -0.4 is 5.14 Å². The van der Waals surface area contributed by atoms with E-state index in [1.54, 1.807) is 23.6 Å². The van der Waals surface area contributed by atoms with Crippen LogP contribution in [0.15, 0.2) is 23.6 Å². The molecule has 3 nitrogen and oxygen atoms in total. The van der Waals surface area contributed by atoms with Crippen LogP contribution in [0.2, 0.25) is 0 Å². The first-order chi connectivity index (χ1) is 4.61. The van der Waals surface area contributed by atoms with Crippen molar-refractivity contribution in [2.75, 3.05) is 0 Å². The highest BCUT2D eigenvalue weighted by Gasteiger charge is 2.17. The van der Waals surface area contributed by atoms with Crippen LogP contribution in [-0.2, 0) is 10.0 Å². The molecule has 1 rings (SSSR count). The van der Waals surface area contributed by atoms with Crippen LogP contribution in [0, 0.1) is 0 Å². The summed E-state index contributed by atoms with van der Waals surface area (Å²) in [4.78, 5) is 0. The molecule has 0 amide bonds. The zero-order valence-corrected chi connectivity index (χ0v) is 6.73. The Morgan fingerprint density at radius 2 is 2.10 bits per heavy atom. The van der Waals surface area contributed by atoms with Gasteiger partial charge in [-0.1, -0.05) is 18.2 Å². The molecule has 1 aliphatic rings. The van der Waals surface area contributed by atoms with Gasteiger partial charge in [-0.05, 0) is 5.41 Å². The van der Waals surface area contributed by atoms with E-state index in [0.29, 0.717) is 0 Å². The van der Waals surface area contributed by atoms with E-state index in [4.69, 9.17) is 5.14 Å². The maximum Gasteiger partial charge on any atom is 0.225 e. The highest BCUT2D eigenvalue weighted by molar-refractivity contribution is 8.14. The molecular weight excluding hydrogens is 170 g/mol. The van der Waals surface area contributed by atoms with Crippen molar-refractivity contribution < 1.29 is 8.42 Å². The Labute approximate surface area is 64.0 Å². The highest BCUT2D eigenvalue weighted by Crippen LogP contribution is 2.20. The van der Waals surface area contributed by atoms with Crippen LogP contribution in [0.1, 0.15) is 0 Å². The molecule has 0 fully saturated rings. The fourth-order valence-electron chi connectivity index (χ4n) is 0.555. The molecule has 0 bridgehead atoms. The van der Waals surface area contributed by atoms with Crippen molar-refractivity contribution in [2.45, 2.75) is 4.58 Å². The topological polar surface area (TPSA) is 60.2 Å². The molecule has 1 heterocycles. The number of nitrogens with two attached hydrogens (primary N) is 1. The third kappa shape index (κ3) is 1.86. The van der Waals surface area contributed by atoms with Crippen LogP contribution in [0.25, 0.3) is 0 Å². The monoisotopic (exact) mass is 177 g/mol. The number of rotatable bonds is 1. The normalized spacial score (nSPS) is 25.1. The number of hydrogen-bond acceptors (Lipinski definition) is 3. The lowest BCUT2D eigenvalue weighted by Gasteiger charge is -2.08. The smallest absolute Gasteiger partial charge is 0.225 e. The Bertz CT molecular complexity index is 265. The van der Waals surface area contributed by atoms with Crippen molar-refractivity contribution in [2.24, 2.45) is 5.14 Å². The molecule has 0 aromatic carbocycles. The molecule has 0 spiro atoms. The van der Waals surface area contributed by atoms with Gasteiger partial charge < -0.3 is 0 Å². The van der Waals surface area contributed by atoms with Crippen LogP contribution in [-0.4, -0.2) is 13.0 Å². The molecule has 56 valence electrons. The molecule has 1 aliphatic heterocycles.